The molecule has 148 valence electrons. The van der Waals surface area contributed by atoms with Gasteiger partial charge in [-0.1, -0.05) is 18.2 Å². The molecule has 0 spiro atoms. The molecular formula is C22H20N2O4S. The molecule has 0 atom stereocenters. The zero-order valence-corrected chi connectivity index (χ0v) is 16.9. The Balaban J connectivity index is 1.67. The number of nitrogens with zero attached hydrogens (tertiary/aromatic N) is 1. The molecule has 1 N–H and O–H groups in total. The van der Waals surface area contributed by atoms with Crippen LogP contribution < -0.4 is 14.4 Å². The van der Waals surface area contributed by atoms with Gasteiger partial charge in [-0.05, 0) is 55.5 Å². The van der Waals surface area contributed by atoms with Gasteiger partial charge in [0, 0.05) is 29.4 Å². The van der Waals surface area contributed by atoms with Crippen molar-refractivity contribution in [1.82, 2.24) is 0 Å². The third-order valence-electron chi connectivity index (χ3n) is 4.84. The predicted octanol–water partition coefficient (Wildman–Crippen LogP) is 4.14. The summed E-state index contributed by atoms with van der Waals surface area (Å²) < 4.78 is 32.1. The number of hydrogen-bond donors (Lipinski definition) is 1. The van der Waals surface area contributed by atoms with Crippen LogP contribution in [0.5, 0.6) is 5.75 Å². The highest BCUT2D eigenvalue weighted by molar-refractivity contribution is 7.93. The summed E-state index contributed by atoms with van der Waals surface area (Å²) in [6.07, 6.45) is 0. The average Bonchev–Trinajstić information content (AvgIpc) is 2.73. The van der Waals surface area contributed by atoms with Crippen LogP contribution >= 0.6 is 0 Å². The van der Waals surface area contributed by atoms with Crippen LogP contribution in [-0.4, -0.2) is 28.0 Å². The van der Waals surface area contributed by atoms with Gasteiger partial charge in [0.2, 0.25) is 0 Å². The molecule has 0 saturated carbocycles. The second kappa shape index (κ2) is 7.25. The van der Waals surface area contributed by atoms with Gasteiger partial charge in [-0.3, -0.25) is 9.10 Å². The zero-order valence-electron chi connectivity index (χ0n) is 16.0. The largest absolute Gasteiger partial charge is 0.494 e. The number of anilines is 2. The van der Waals surface area contributed by atoms with Crippen LogP contribution in [0.25, 0.3) is 11.1 Å². The number of ether oxygens (including phenoxy) is 1. The fraction of sp³-hybridized carbons (Fsp3) is 0.136. The van der Waals surface area contributed by atoms with E-state index in [1.165, 1.54) is 11.4 Å². The second-order valence-corrected chi connectivity index (χ2v) is 8.55. The quantitative estimate of drug-likeness (QED) is 0.704. The highest BCUT2D eigenvalue weighted by Gasteiger charge is 2.32. The van der Waals surface area contributed by atoms with Gasteiger partial charge in [-0.15, -0.1) is 0 Å². The number of nitrogens with one attached hydrogen (secondary N) is 1. The Labute approximate surface area is 169 Å². The maximum Gasteiger partial charge on any atom is 0.264 e. The number of hydrogen-bond acceptors (Lipinski definition) is 4. The van der Waals surface area contributed by atoms with E-state index in [2.05, 4.69) is 5.32 Å². The van der Waals surface area contributed by atoms with Gasteiger partial charge >= 0.3 is 0 Å². The summed E-state index contributed by atoms with van der Waals surface area (Å²) in [7, 11) is -2.09. The monoisotopic (exact) mass is 408 g/mol. The standard InChI is InChI=1S/C22H20N2O4S/c1-3-28-17-11-9-16(10-12-17)23-22(25)15-8-13-20-19(14-15)18-6-4-5-7-21(18)29(26,27)24(20)2/h4-14H,3H2,1-2H3,(H,23,25). The molecule has 7 heteroatoms. The molecule has 3 aromatic rings. The number of amides is 1. The molecule has 1 aliphatic heterocycles. The normalized spacial score (nSPS) is 13.9. The molecule has 0 unspecified atom stereocenters. The first-order valence-electron chi connectivity index (χ1n) is 9.18. The Kier molecular flexibility index (Phi) is 4.76. The number of sulfonamides is 1. The third-order valence-corrected chi connectivity index (χ3v) is 6.67. The fourth-order valence-corrected chi connectivity index (χ4v) is 4.78. The average molecular weight is 408 g/mol. The molecule has 0 fully saturated rings. The molecule has 6 nitrogen and oxygen atoms in total. The Hall–Kier alpha value is -3.32. The van der Waals surface area contributed by atoms with E-state index in [1.54, 1.807) is 66.7 Å². The minimum absolute atomic E-state index is 0.235. The van der Waals surface area contributed by atoms with E-state index in [-0.39, 0.29) is 10.8 Å². The molecule has 0 aromatic heterocycles. The van der Waals surface area contributed by atoms with E-state index in [4.69, 9.17) is 4.74 Å². The van der Waals surface area contributed by atoms with Crippen molar-refractivity contribution in [3.05, 3.63) is 72.3 Å². The Morgan fingerprint density at radius 2 is 1.72 bits per heavy atom. The van der Waals surface area contributed by atoms with Crippen molar-refractivity contribution in [2.45, 2.75) is 11.8 Å². The van der Waals surface area contributed by atoms with Crippen LogP contribution in [0.3, 0.4) is 0 Å². The highest BCUT2D eigenvalue weighted by Crippen LogP contribution is 2.42. The molecule has 1 aliphatic rings. The molecular weight excluding hydrogens is 388 g/mol. The van der Waals surface area contributed by atoms with Crippen LogP contribution in [0.15, 0.2) is 71.6 Å². The van der Waals surface area contributed by atoms with Crippen LogP contribution in [0.4, 0.5) is 11.4 Å². The Morgan fingerprint density at radius 3 is 2.45 bits per heavy atom. The lowest BCUT2D eigenvalue weighted by Crippen LogP contribution is -2.30. The van der Waals surface area contributed by atoms with E-state index in [0.717, 1.165) is 5.75 Å². The lowest BCUT2D eigenvalue weighted by atomic mass is 10.00. The van der Waals surface area contributed by atoms with Crippen molar-refractivity contribution in [2.24, 2.45) is 0 Å². The first-order valence-corrected chi connectivity index (χ1v) is 10.6. The minimum Gasteiger partial charge on any atom is -0.494 e. The molecule has 29 heavy (non-hydrogen) atoms. The van der Waals surface area contributed by atoms with E-state index >= 15 is 0 Å². The van der Waals surface area contributed by atoms with Gasteiger partial charge in [-0.25, -0.2) is 8.42 Å². The Morgan fingerprint density at radius 1 is 1.00 bits per heavy atom. The summed E-state index contributed by atoms with van der Waals surface area (Å²) in [5, 5.41) is 2.86. The van der Waals surface area contributed by atoms with E-state index < -0.39 is 10.0 Å². The van der Waals surface area contributed by atoms with Gasteiger partial charge in [0.25, 0.3) is 15.9 Å². The van der Waals surface area contributed by atoms with Gasteiger partial charge < -0.3 is 10.1 Å². The molecule has 3 aromatic carbocycles. The Bertz CT molecular complexity index is 1190. The highest BCUT2D eigenvalue weighted by atomic mass is 32.2. The SMILES string of the molecule is CCOc1ccc(NC(=O)c2ccc3c(c2)-c2ccccc2S(=O)(=O)N3C)cc1. The van der Waals surface area contributed by atoms with Crippen LogP contribution in [0, 0.1) is 0 Å². The summed E-state index contributed by atoms with van der Waals surface area (Å²) in [5.74, 6) is 0.464. The van der Waals surface area contributed by atoms with Crippen LogP contribution in [0.2, 0.25) is 0 Å². The van der Waals surface area contributed by atoms with Gasteiger partial charge in [0.15, 0.2) is 0 Å². The fourth-order valence-electron chi connectivity index (χ4n) is 3.36. The summed E-state index contributed by atoms with van der Waals surface area (Å²) >= 11 is 0. The van der Waals surface area contributed by atoms with Gasteiger partial charge in [0.1, 0.15) is 5.75 Å². The molecule has 0 bridgehead atoms. The smallest absolute Gasteiger partial charge is 0.264 e. The molecule has 0 aliphatic carbocycles. The minimum atomic E-state index is -3.60. The van der Waals surface area contributed by atoms with Crippen LogP contribution in [0.1, 0.15) is 17.3 Å². The van der Waals surface area contributed by atoms with Crippen molar-refractivity contribution < 1.29 is 17.9 Å². The van der Waals surface area contributed by atoms with Crippen molar-refractivity contribution in [3.8, 4) is 16.9 Å². The molecule has 0 radical (unpaired) electrons. The lowest BCUT2D eigenvalue weighted by molar-refractivity contribution is 0.102. The summed E-state index contributed by atoms with van der Waals surface area (Å²) in [4.78, 5) is 13.0. The van der Waals surface area contributed by atoms with Crippen molar-refractivity contribution in [1.29, 1.82) is 0 Å². The number of rotatable bonds is 4. The molecule has 1 heterocycles. The maximum absolute atomic E-state index is 12.8. The number of carbonyl (C=O) groups is 1. The number of carbonyl (C=O) groups excluding carboxylic acids is 1. The molecule has 0 saturated heterocycles. The molecule has 1 amide bonds. The first-order chi connectivity index (χ1) is 13.9. The lowest BCUT2D eigenvalue weighted by Gasteiger charge is -2.29. The van der Waals surface area contributed by atoms with Crippen molar-refractivity contribution in [2.75, 3.05) is 23.3 Å². The van der Waals surface area contributed by atoms with Gasteiger partial charge in [-0.2, -0.15) is 0 Å². The number of fused-ring (bicyclic) bond motifs is 3. The first kappa shape index (κ1) is 19.0. The third kappa shape index (κ3) is 3.34. The van der Waals surface area contributed by atoms with E-state index in [0.29, 0.717) is 34.7 Å². The van der Waals surface area contributed by atoms with E-state index in [1.807, 2.05) is 6.92 Å². The van der Waals surface area contributed by atoms with Gasteiger partial charge in [0.05, 0.1) is 17.2 Å². The second-order valence-electron chi connectivity index (χ2n) is 6.61. The topological polar surface area (TPSA) is 75.7 Å². The van der Waals surface area contributed by atoms with Crippen molar-refractivity contribution in [3.63, 3.8) is 0 Å². The maximum atomic E-state index is 12.8. The van der Waals surface area contributed by atoms with E-state index in [9.17, 15) is 13.2 Å². The predicted molar refractivity (Wildman–Crippen MR) is 113 cm³/mol. The zero-order chi connectivity index (χ0) is 20.6. The summed E-state index contributed by atoms with van der Waals surface area (Å²) in [6.45, 7) is 2.49. The van der Waals surface area contributed by atoms with Crippen molar-refractivity contribution >= 4 is 27.3 Å². The molecule has 4 rings (SSSR count). The summed E-state index contributed by atoms with van der Waals surface area (Å²) in [6, 6.07) is 19.0. The summed E-state index contributed by atoms with van der Waals surface area (Å²) in [5.41, 5.74) is 2.94. The van der Waals surface area contributed by atoms with Crippen LogP contribution in [-0.2, 0) is 10.0 Å². The number of benzene rings is 3.